The minimum absolute atomic E-state index is 0.110. The van der Waals surface area contributed by atoms with Gasteiger partial charge in [-0.25, -0.2) is 19.0 Å². The van der Waals surface area contributed by atoms with Gasteiger partial charge in [0.05, 0.1) is 53.9 Å². The summed E-state index contributed by atoms with van der Waals surface area (Å²) in [4.78, 5) is 68.2. The van der Waals surface area contributed by atoms with E-state index in [4.69, 9.17) is 10.00 Å². The number of imide groups is 1. The van der Waals surface area contributed by atoms with E-state index in [2.05, 4.69) is 36.3 Å². The molecule has 4 fully saturated rings. The number of nitrogens with one attached hydrogen (secondary N) is 1. The minimum atomic E-state index is -0.911. The van der Waals surface area contributed by atoms with Crippen LogP contribution in [0.1, 0.15) is 55.8 Å². The summed E-state index contributed by atoms with van der Waals surface area (Å²) in [7, 11) is 0. The van der Waals surface area contributed by atoms with Crippen LogP contribution in [0, 0.1) is 35.9 Å². The fraction of sp³-hybridized carbons (Fsp3) is 0.488. The van der Waals surface area contributed by atoms with Crippen LogP contribution in [0.3, 0.4) is 0 Å². The van der Waals surface area contributed by atoms with Crippen molar-refractivity contribution in [2.24, 2.45) is 11.8 Å². The molecule has 2 aromatic carbocycles. The lowest BCUT2D eigenvalue weighted by Crippen LogP contribution is -2.50. The van der Waals surface area contributed by atoms with Gasteiger partial charge in [-0.2, -0.15) is 10.4 Å². The molecule has 308 valence electrons. The molecule has 8 rings (SSSR count). The van der Waals surface area contributed by atoms with Gasteiger partial charge < -0.3 is 14.5 Å². The number of anilines is 1. The average Bonchev–Trinajstić information content (AvgIpc) is 3.25. The van der Waals surface area contributed by atoms with Crippen molar-refractivity contribution in [1.82, 2.24) is 39.8 Å². The third-order valence-electron chi connectivity index (χ3n) is 12.3. The summed E-state index contributed by atoms with van der Waals surface area (Å²) >= 11 is 0. The highest BCUT2D eigenvalue weighted by molar-refractivity contribution is 5.99. The second-order valence-corrected chi connectivity index (χ2v) is 16.2. The van der Waals surface area contributed by atoms with Crippen LogP contribution in [0.4, 0.5) is 10.1 Å². The number of halogens is 1. The summed E-state index contributed by atoms with van der Waals surface area (Å²) in [5.74, 6) is 0.781. The Morgan fingerprint density at radius 1 is 0.898 bits per heavy atom. The van der Waals surface area contributed by atoms with Crippen LogP contribution in [0.25, 0.3) is 22.2 Å². The van der Waals surface area contributed by atoms with Crippen molar-refractivity contribution in [3.63, 3.8) is 0 Å². The van der Waals surface area contributed by atoms with E-state index in [0.29, 0.717) is 72.0 Å². The van der Waals surface area contributed by atoms with E-state index in [0.717, 1.165) is 81.7 Å². The summed E-state index contributed by atoms with van der Waals surface area (Å²) in [6.07, 6.45) is 7.45. The number of aromatic nitrogens is 4. The molecule has 1 atom stereocenters. The molecule has 0 spiro atoms. The van der Waals surface area contributed by atoms with Crippen LogP contribution in [0.5, 0.6) is 5.75 Å². The van der Waals surface area contributed by atoms with E-state index >= 15 is 4.39 Å². The lowest BCUT2D eigenvalue weighted by molar-refractivity contribution is -0.136. The van der Waals surface area contributed by atoms with Gasteiger partial charge in [0, 0.05) is 63.2 Å². The van der Waals surface area contributed by atoms with E-state index in [1.54, 1.807) is 37.5 Å². The third kappa shape index (κ3) is 9.11. The summed E-state index contributed by atoms with van der Waals surface area (Å²) in [6.45, 7) is 9.85. The quantitative estimate of drug-likeness (QED) is 0.233. The van der Waals surface area contributed by atoms with Crippen molar-refractivity contribution < 1.29 is 23.5 Å². The number of ether oxygens (including phenoxy) is 1. The highest BCUT2D eigenvalue weighted by atomic mass is 19.1. The highest BCUT2D eigenvalue weighted by Gasteiger charge is 2.32. The lowest BCUT2D eigenvalue weighted by Gasteiger charge is -2.40. The molecular formula is C43H49FN10O5. The molecule has 4 aliphatic rings. The first-order valence-electron chi connectivity index (χ1n) is 20.6. The van der Waals surface area contributed by atoms with Gasteiger partial charge in [0.15, 0.2) is 11.6 Å². The monoisotopic (exact) mass is 804 g/mol. The van der Waals surface area contributed by atoms with Gasteiger partial charge in [-0.1, -0.05) is 12.1 Å². The number of piperidine rings is 3. The first-order valence-corrected chi connectivity index (χ1v) is 20.6. The molecule has 0 bridgehead atoms. The van der Waals surface area contributed by atoms with Crippen LogP contribution in [0.2, 0.25) is 0 Å². The number of benzene rings is 2. The van der Waals surface area contributed by atoms with Crippen molar-refractivity contribution in [3.05, 3.63) is 76.2 Å². The molecule has 3 amide bonds. The molecule has 2 aromatic heterocycles. The molecule has 4 saturated heterocycles. The van der Waals surface area contributed by atoms with E-state index in [9.17, 15) is 19.2 Å². The van der Waals surface area contributed by atoms with E-state index < -0.39 is 23.3 Å². The first-order chi connectivity index (χ1) is 28.6. The largest absolute Gasteiger partial charge is 0.490 e. The van der Waals surface area contributed by atoms with Gasteiger partial charge in [0.2, 0.25) is 11.8 Å². The van der Waals surface area contributed by atoms with Gasteiger partial charge >= 0.3 is 0 Å². The molecular weight excluding hydrogens is 756 g/mol. The van der Waals surface area contributed by atoms with Gasteiger partial charge in [-0.15, -0.1) is 0 Å². The number of aryl methyl sites for hydroxylation is 1. The molecule has 15 nitrogen and oxygen atoms in total. The van der Waals surface area contributed by atoms with E-state index in [1.165, 1.54) is 6.07 Å². The van der Waals surface area contributed by atoms with Gasteiger partial charge in [0.25, 0.3) is 11.5 Å². The Hall–Kier alpha value is -5.79. The van der Waals surface area contributed by atoms with Crippen LogP contribution in [-0.2, 0) is 14.4 Å². The van der Waals surface area contributed by atoms with Crippen molar-refractivity contribution in [1.29, 1.82) is 5.26 Å². The third-order valence-corrected chi connectivity index (χ3v) is 12.3. The Morgan fingerprint density at radius 3 is 2.34 bits per heavy atom. The predicted molar refractivity (Wildman–Crippen MR) is 217 cm³/mol. The van der Waals surface area contributed by atoms with Crippen molar-refractivity contribution in [3.8, 4) is 23.2 Å². The smallest absolute Gasteiger partial charge is 0.275 e. The molecule has 1 unspecified atom stereocenters. The van der Waals surface area contributed by atoms with E-state index in [-0.39, 0.29) is 30.0 Å². The highest BCUT2D eigenvalue weighted by Crippen LogP contribution is 2.29. The normalized spacial score (nSPS) is 20.1. The first kappa shape index (κ1) is 40.0. The number of fused-ring (bicyclic) bond motifs is 1. The molecule has 59 heavy (non-hydrogen) atoms. The number of hydrogen-bond donors (Lipinski definition) is 1. The van der Waals surface area contributed by atoms with Crippen LogP contribution < -0.4 is 20.5 Å². The van der Waals surface area contributed by atoms with Crippen molar-refractivity contribution in [2.45, 2.75) is 51.5 Å². The Bertz CT molecular complexity index is 2310. The Balaban J connectivity index is 0.746. The second kappa shape index (κ2) is 17.6. The number of nitriles is 1. The SMILES string of the molecule is Cc1nn(C2CCC(=O)NC2=O)c(=O)c2cc(F)c(N3CCN(CC4CCN(CC(=O)N5CCC(COc6cnc(-c7cccc(C#N)c7)nc6)CC5)CC4)CC3)cc12. The molecule has 0 saturated carbocycles. The van der Waals surface area contributed by atoms with Crippen LogP contribution >= 0.6 is 0 Å². The molecule has 6 heterocycles. The lowest BCUT2D eigenvalue weighted by atomic mass is 9.95. The van der Waals surface area contributed by atoms with Gasteiger partial charge in [0.1, 0.15) is 11.9 Å². The summed E-state index contributed by atoms with van der Waals surface area (Å²) in [5, 5.41) is 16.5. The predicted octanol–water partition coefficient (Wildman–Crippen LogP) is 3.30. The number of hydrogen-bond acceptors (Lipinski definition) is 12. The number of likely N-dealkylation sites (tertiary alicyclic amines) is 2. The zero-order chi connectivity index (χ0) is 41.0. The zero-order valence-electron chi connectivity index (χ0n) is 33.3. The number of nitrogens with zero attached hydrogens (tertiary/aromatic N) is 9. The summed E-state index contributed by atoms with van der Waals surface area (Å²) in [5.41, 5.74) is 1.74. The Kier molecular flexibility index (Phi) is 11.9. The molecule has 4 aliphatic heterocycles. The number of amides is 3. The minimum Gasteiger partial charge on any atom is -0.490 e. The molecule has 0 radical (unpaired) electrons. The maximum Gasteiger partial charge on any atom is 0.275 e. The molecule has 4 aromatic rings. The number of rotatable bonds is 10. The topological polar surface area (TPSA) is 170 Å². The second-order valence-electron chi connectivity index (χ2n) is 16.2. The number of piperazine rings is 1. The van der Waals surface area contributed by atoms with Gasteiger partial charge in [-0.05, 0) is 88.2 Å². The maximum atomic E-state index is 15.6. The summed E-state index contributed by atoms with van der Waals surface area (Å²) < 4.78 is 22.7. The maximum absolute atomic E-state index is 15.6. The van der Waals surface area contributed by atoms with E-state index in [1.807, 2.05) is 21.9 Å². The zero-order valence-corrected chi connectivity index (χ0v) is 33.3. The Morgan fingerprint density at radius 2 is 1.63 bits per heavy atom. The average molecular weight is 805 g/mol. The number of carbonyl (C=O) groups is 3. The Labute approximate surface area is 341 Å². The van der Waals surface area contributed by atoms with Crippen LogP contribution in [-0.4, -0.2) is 124 Å². The van der Waals surface area contributed by atoms with Crippen molar-refractivity contribution in [2.75, 3.05) is 77.0 Å². The fourth-order valence-electron chi connectivity index (χ4n) is 8.78. The van der Waals surface area contributed by atoms with Gasteiger partial charge in [-0.3, -0.25) is 34.3 Å². The molecule has 16 heteroatoms. The number of carbonyl (C=O) groups excluding carboxylic acids is 3. The van der Waals surface area contributed by atoms with Crippen LogP contribution in [0.15, 0.2) is 53.6 Å². The van der Waals surface area contributed by atoms with Crippen molar-refractivity contribution >= 4 is 34.2 Å². The molecule has 1 N–H and O–H groups in total. The fourth-order valence-corrected chi connectivity index (χ4v) is 8.78. The molecule has 0 aliphatic carbocycles. The summed E-state index contributed by atoms with van der Waals surface area (Å²) in [6, 6.07) is 11.4. The standard InChI is InChI=1S/C43H49FN10O5/c1-28-34-21-38(36(44)20-35(34)43(58)54(49-28)37-5-6-39(55)48-42(37)57)52-17-15-51(16-18-52)25-29-7-11-50(12-8-29)26-40(56)53-13-9-30(10-14-53)27-59-33-23-46-41(47-24-33)32-4-2-3-31(19-32)22-45/h2-4,19-21,23-24,29-30,37H,5-18,25-27H2,1H3,(H,48,55,57).